The fourth-order valence-electron chi connectivity index (χ4n) is 3.96. The lowest BCUT2D eigenvalue weighted by molar-refractivity contribution is -0.0689. The topological polar surface area (TPSA) is 59.3 Å². The van der Waals surface area contributed by atoms with Gasteiger partial charge in [-0.1, -0.05) is 19.1 Å². The third-order valence-corrected chi connectivity index (χ3v) is 4.89. The van der Waals surface area contributed by atoms with E-state index in [1.165, 1.54) is 29.5 Å². The lowest BCUT2D eigenvalue weighted by Crippen LogP contribution is -2.42. The molecule has 4 heteroatoms. The van der Waals surface area contributed by atoms with E-state index in [9.17, 15) is 0 Å². The molecular formula is C17H25N3O. The summed E-state index contributed by atoms with van der Waals surface area (Å²) < 4.78 is 6.39. The highest BCUT2D eigenvalue weighted by Gasteiger charge is 2.46. The zero-order valence-corrected chi connectivity index (χ0v) is 12.9. The highest BCUT2D eigenvalue weighted by Crippen LogP contribution is 2.50. The number of rotatable bonds is 3. The summed E-state index contributed by atoms with van der Waals surface area (Å²) in [6.07, 6.45) is 5.15. The summed E-state index contributed by atoms with van der Waals surface area (Å²) in [6.45, 7) is 5.86. The maximum atomic E-state index is 6.39. The van der Waals surface area contributed by atoms with Gasteiger partial charge in [-0.15, -0.1) is 0 Å². The first-order chi connectivity index (χ1) is 10.2. The Balaban J connectivity index is 2.19. The Morgan fingerprint density at radius 3 is 3.10 bits per heavy atom. The lowest BCUT2D eigenvalue weighted by Gasteiger charge is -2.45. The van der Waals surface area contributed by atoms with Crippen LogP contribution in [0.4, 0.5) is 5.69 Å². The molecule has 21 heavy (non-hydrogen) atoms. The summed E-state index contributed by atoms with van der Waals surface area (Å²) in [7, 11) is 0. The second-order valence-corrected chi connectivity index (χ2v) is 5.96. The summed E-state index contributed by atoms with van der Waals surface area (Å²) >= 11 is 0. The van der Waals surface area contributed by atoms with E-state index in [-0.39, 0.29) is 5.60 Å². The van der Waals surface area contributed by atoms with E-state index < -0.39 is 0 Å². The van der Waals surface area contributed by atoms with Gasteiger partial charge >= 0.3 is 0 Å². The van der Waals surface area contributed by atoms with Gasteiger partial charge in [0.25, 0.3) is 0 Å². The van der Waals surface area contributed by atoms with Crippen molar-refractivity contribution in [1.29, 1.82) is 0 Å². The van der Waals surface area contributed by atoms with Crippen molar-refractivity contribution in [2.75, 3.05) is 12.0 Å². The Kier molecular flexibility index (Phi) is 3.91. The van der Waals surface area contributed by atoms with Gasteiger partial charge in [-0.05, 0) is 61.1 Å². The molecule has 1 heterocycles. The van der Waals surface area contributed by atoms with Gasteiger partial charge in [0.1, 0.15) is 5.60 Å². The van der Waals surface area contributed by atoms with Gasteiger partial charge in [-0.2, -0.15) is 0 Å². The van der Waals surface area contributed by atoms with Crippen LogP contribution in [-0.2, 0) is 16.9 Å². The Labute approximate surface area is 126 Å². The molecule has 1 aromatic rings. The molecule has 1 aliphatic heterocycles. The van der Waals surface area contributed by atoms with Gasteiger partial charge in [-0.3, -0.25) is 0 Å². The number of anilines is 1. The van der Waals surface area contributed by atoms with E-state index in [1.807, 2.05) is 0 Å². The van der Waals surface area contributed by atoms with Gasteiger partial charge in [0.2, 0.25) is 0 Å². The van der Waals surface area contributed by atoms with Crippen LogP contribution in [0.5, 0.6) is 0 Å². The highest BCUT2D eigenvalue weighted by molar-refractivity contribution is 5.60. The van der Waals surface area contributed by atoms with Gasteiger partial charge in [-0.25, -0.2) is 5.43 Å². The minimum absolute atomic E-state index is 0.374. The molecule has 0 spiro atoms. The average Bonchev–Trinajstić information content (AvgIpc) is 2.97. The van der Waals surface area contributed by atoms with E-state index >= 15 is 0 Å². The van der Waals surface area contributed by atoms with Crippen LogP contribution in [0.1, 0.15) is 44.2 Å². The van der Waals surface area contributed by atoms with E-state index in [4.69, 9.17) is 10.5 Å². The van der Waals surface area contributed by atoms with Gasteiger partial charge in [0.15, 0.2) is 0 Å². The predicted octanol–water partition coefficient (Wildman–Crippen LogP) is 3.01. The number of hydrogen-bond acceptors (Lipinski definition) is 4. The third kappa shape index (κ3) is 2.14. The van der Waals surface area contributed by atoms with Crippen molar-refractivity contribution in [3.63, 3.8) is 0 Å². The minimum Gasteiger partial charge on any atom is -0.405 e. The predicted molar refractivity (Wildman–Crippen MR) is 85.5 cm³/mol. The van der Waals surface area contributed by atoms with Crippen molar-refractivity contribution in [3.8, 4) is 0 Å². The number of hydrazine groups is 1. The number of ether oxygens (including phenoxy) is 1. The molecule has 1 aromatic carbocycles. The van der Waals surface area contributed by atoms with Crippen LogP contribution in [0.25, 0.3) is 0 Å². The monoisotopic (exact) mass is 287 g/mol. The first kappa shape index (κ1) is 14.4. The number of benzene rings is 1. The fraction of sp³-hybridized carbons (Fsp3) is 0.529. The van der Waals surface area contributed by atoms with Crippen molar-refractivity contribution < 1.29 is 4.74 Å². The number of fused-ring (bicyclic) bond motifs is 1. The van der Waals surface area contributed by atoms with Crippen LogP contribution >= 0.6 is 0 Å². The fourth-order valence-corrected chi connectivity index (χ4v) is 3.96. The van der Waals surface area contributed by atoms with Crippen LogP contribution < -0.4 is 16.6 Å². The maximum absolute atomic E-state index is 6.39. The van der Waals surface area contributed by atoms with Crippen molar-refractivity contribution in [3.05, 3.63) is 41.1 Å². The summed E-state index contributed by atoms with van der Waals surface area (Å²) in [5.41, 5.74) is 17.0. The van der Waals surface area contributed by atoms with Gasteiger partial charge < -0.3 is 15.9 Å². The molecule has 3 rings (SSSR count). The SMILES string of the molecule is CCOC1(c2cccc3c2CNN3)/C(=C/N)CCCC1C. The minimum atomic E-state index is -0.374. The summed E-state index contributed by atoms with van der Waals surface area (Å²) in [5, 5.41) is 0. The molecule has 114 valence electrons. The molecular weight excluding hydrogens is 262 g/mol. The molecule has 2 aliphatic rings. The van der Waals surface area contributed by atoms with E-state index in [1.54, 1.807) is 6.20 Å². The Bertz CT molecular complexity index is 555. The molecule has 0 bridgehead atoms. The van der Waals surface area contributed by atoms with Crippen LogP contribution in [0, 0.1) is 5.92 Å². The molecule has 2 atom stereocenters. The standard InChI is InChI=1S/C17H25N3O/c1-3-21-17(12(2)6-4-7-13(17)10-18)15-8-5-9-16-14(15)11-19-20-16/h5,8-10,12,19-20H,3-4,6-7,11,18H2,1-2H3/b13-10+. The molecule has 1 fully saturated rings. The van der Waals surface area contributed by atoms with Crippen LogP contribution in [0.15, 0.2) is 30.0 Å². The van der Waals surface area contributed by atoms with Gasteiger partial charge in [0.05, 0.1) is 5.69 Å². The molecule has 4 N–H and O–H groups in total. The molecule has 1 saturated carbocycles. The van der Waals surface area contributed by atoms with Crippen LogP contribution in [0.2, 0.25) is 0 Å². The van der Waals surface area contributed by atoms with Crippen LogP contribution in [-0.4, -0.2) is 6.61 Å². The first-order valence-electron chi connectivity index (χ1n) is 7.90. The van der Waals surface area contributed by atoms with E-state index in [2.05, 4.69) is 42.9 Å². The second-order valence-electron chi connectivity index (χ2n) is 5.96. The third-order valence-electron chi connectivity index (χ3n) is 4.89. The zero-order chi connectivity index (χ0) is 14.9. The molecule has 0 amide bonds. The summed E-state index contributed by atoms with van der Waals surface area (Å²) in [5.74, 6) is 0.424. The average molecular weight is 287 g/mol. The Morgan fingerprint density at radius 2 is 2.33 bits per heavy atom. The summed E-state index contributed by atoms with van der Waals surface area (Å²) in [6, 6.07) is 6.41. The maximum Gasteiger partial charge on any atom is 0.119 e. The van der Waals surface area contributed by atoms with E-state index in [0.29, 0.717) is 12.5 Å². The van der Waals surface area contributed by atoms with Crippen molar-refractivity contribution in [1.82, 2.24) is 5.43 Å². The highest BCUT2D eigenvalue weighted by atomic mass is 16.5. The second kappa shape index (κ2) is 5.70. The molecule has 4 nitrogen and oxygen atoms in total. The normalized spacial score (nSPS) is 30.2. The lowest BCUT2D eigenvalue weighted by atomic mass is 9.68. The molecule has 2 unspecified atom stereocenters. The van der Waals surface area contributed by atoms with Crippen LogP contribution in [0.3, 0.4) is 0 Å². The summed E-state index contributed by atoms with van der Waals surface area (Å²) in [4.78, 5) is 0. The zero-order valence-electron chi connectivity index (χ0n) is 12.9. The Hall–Kier alpha value is -1.52. The smallest absolute Gasteiger partial charge is 0.119 e. The molecule has 0 saturated heterocycles. The quantitative estimate of drug-likeness (QED) is 0.800. The van der Waals surface area contributed by atoms with Gasteiger partial charge in [0, 0.05) is 13.2 Å². The number of nitrogens with one attached hydrogen (secondary N) is 2. The number of nitrogens with two attached hydrogens (primary N) is 1. The largest absolute Gasteiger partial charge is 0.405 e. The molecule has 0 radical (unpaired) electrons. The van der Waals surface area contributed by atoms with E-state index in [0.717, 1.165) is 18.7 Å². The molecule has 0 aromatic heterocycles. The van der Waals surface area contributed by atoms with Crippen molar-refractivity contribution in [2.45, 2.75) is 45.3 Å². The first-order valence-corrected chi connectivity index (χ1v) is 7.90. The van der Waals surface area contributed by atoms with Crippen molar-refractivity contribution in [2.24, 2.45) is 11.7 Å². The van der Waals surface area contributed by atoms with Crippen molar-refractivity contribution >= 4 is 5.69 Å². The molecule has 1 aliphatic carbocycles. The Morgan fingerprint density at radius 1 is 1.48 bits per heavy atom. The number of hydrogen-bond donors (Lipinski definition) is 3.